The van der Waals surface area contributed by atoms with Gasteiger partial charge >= 0.3 is 0 Å². The largest absolute Gasteiger partial charge is 0.495 e. The second-order valence-electron chi connectivity index (χ2n) is 6.47. The highest BCUT2D eigenvalue weighted by Gasteiger charge is 2.13. The third kappa shape index (κ3) is 3.22. The van der Waals surface area contributed by atoms with Gasteiger partial charge in [-0.15, -0.1) is 0 Å². The third-order valence-electron chi connectivity index (χ3n) is 4.80. The first kappa shape index (κ1) is 17.4. The quantitative estimate of drug-likeness (QED) is 0.428. The molecule has 1 heterocycles. The lowest BCUT2D eigenvalue weighted by atomic mass is 10.1. The normalized spacial score (nSPS) is 10.9. The molecule has 0 radical (unpaired) electrons. The van der Waals surface area contributed by atoms with E-state index >= 15 is 0 Å². The van der Waals surface area contributed by atoms with Crippen LogP contribution >= 0.6 is 12.2 Å². The fraction of sp³-hybridized carbons (Fsp3) is 0.136. The molecule has 1 aromatic heterocycles. The Morgan fingerprint density at radius 2 is 1.67 bits per heavy atom. The van der Waals surface area contributed by atoms with Crippen molar-refractivity contribution in [2.45, 2.75) is 13.8 Å². The van der Waals surface area contributed by atoms with Gasteiger partial charge in [-0.2, -0.15) is 0 Å². The summed E-state index contributed by atoms with van der Waals surface area (Å²) in [5, 5.41) is 9.06. The van der Waals surface area contributed by atoms with E-state index in [1.807, 2.05) is 48.5 Å². The molecule has 0 atom stereocenters. The Bertz CT molecular complexity index is 1160. The van der Waals surface area contributed by atoms with Crippen LogP contribution in [0.4, 0.5) is 11.4 Å². The van der Waals surface area contributed by atoms with Gasteiger partial charge in [0.25, 0.3) is 0 Å². The van der Waals surface area contributed by atoms with E-state index in [-0.39, 0.29) is 0 Å². The molecule has 4 aromatic rings. The Kier molecular flexibility index (Phi) is 4.46. The van der Waals surface area contributed by atoms with Gasteiger partial charge < -0.3 is 19.8 Å². The fourth-order valence-corrected chi connectivity index (χ4v) is 3.40. The van der Waals surface area contributed by atoms with Gasteiger partial charge in [-0.1, -0.05) is 30.3 Å². The molecule has 136 valence electrons. The number of thiocarbonyl (C=S) groups is 1. The van der Waals surface area contributed by atoms with Gasteiger partial charge in [0, 0.05) is 22.5 Å². The average molecular weight is 376 g/mol. The number of furan rings is 1. The third-order valence-corrected chi connectivity index (χ3v) is 5.00. The van der Waals surface area contributed by atoms with Crippen LogP contribution in [0.15, 0.2) is 59.0 Å². The summed E-state index contributed by atoms with van der Waals surface area (Å²) in [6.07, 6.45) is 0. The maximum absolute atomic E-state index is 5.97. The number of benzene rings is 3. The van der Waals surface area contributed by atoms with Gasteiger partial charge in [-0.25, -0.2) is 0 Å². The molecule has 0 saturated heterocycles. The van der Waals surface area contributed by atoms with E-state index in [1.54, 1.807) is 7.11 Å². The minimum Gasteiger partial charge on any atom is -0.495 e. The first-order valence-electron chi connectivity index (χ1n) is 8.70. The van der Waals surface area contributed by atoms with Gasteiger partial charge in [0.2, 0.25) is 0 Å². The molecular formula is C22H20N2O2S. The molecular weight excluding hydrogens is 356 g/mol. The predicted octanol–water partition coefficient (Wildman–Crippen LogP) is 6.02. The maximum Gasteiger partial charge on any atom is 0.175 e. The summed E-state index contributed by atoms with van der Waals surface area (Å²) >= 11 is 5.51. The maximum atomic E-state index is 5.97. The lowest BCUT2D eigenvalue weighted by Crippen LogP contribution is -2.20. The van der Waals surface area contributed by atoms with Crippen molar-refractivity contribution in [3.63, 3.8) is 0 Å². The van der Waals surface area contributed by atoms with Gasteiger partial charge in [0.05, 0.1) is 12.8 Å². The number of rotatable bonds is 3. The van der Waals surface area contributed by atoms with Crippen molar-refractivity contribution in [2.24, 2.45) is 0 Å². The number of ether oxygens (including phenoxy) is 1. The number of para-hydroxylation sites is 1. The monoisotopic (exact) mass is 376 g/mol. The molecule has 0 unspecified atom stereocenters. The zero-order valence-corrected chi connectivity index (χ0v) is 16.2. The number of hydrogen-bond donors (Lipinski definition) is 2. The van der Waals surface area contributed by atoms with Crippen LogP contribution in [0.1, 0.15) is 11.1 Å². The van der Waals surface area contributed by atoms with Crippen molar-refractivity contribution in [3.05, 3.63) is 65.7 Å². The summed E-state index contributed by atoms with van der Waals surface area (Å²) in [4.78, 5) is 0. The summed E-state index contributed by atoms with van der Waals surface area (Å²) in [7, 11) is 1.65. The topological polar surface area (TPSA) is 46.4 Å². The van der Waals surface area contributed by atoms with Crippen molar-refractivity contribution in [2.75, 3.05) is 17.7 Å². The van der Waals surface area contributed by atoms with Crippen LogP contribution in [-0.2, 0) is 0 Å². The Balaban J connectivity index is 1.67. The number of anilines is 2. The Hall–Kier alpha value is -3.05. The second-order valence-corrected chi connectivity index (χ2v) is 6.88. The summed E-state index contributed by atoms with van der Waals surface area (Å²) in [5.74, 6) is 0.708. The number of fused-ring (bicyclic) bond motifs is 3. The summed E-state index contributed by atoms with van der Waals surface area (Å²) in [6.45, 7) is 4.15. The van der Waals surface area contributed by atoms with Crippen LogP contribution in [0, 0.1) is 13.8 Å². The standard InChI is InChI=1S/C22H20N2O2S/c1-13-7-6-9-17(14(13)2)23-22(27)24-18-12-20-16(11-21(18)25-3)15-8-4-5-10-19(15)26-20/h4-12H,1-3H3,(H2,23,24,27). The van der Waals surface area contributed by atoms with Crippen molar-refractivity contribution < 1.29 is 9.15 Å². The second kappa shape index (κ2) is 6.93. The lowest BCUT2D eigenvalue weighted by molar-refractivity contribution is 0.417. The zero-order valence-electron chi connectivity index (χ0n) is 15.4. The smallest absolute Gasteiger partial charge is 0.175 e. The molecule has 0 bridgehead atoms. The minimum atomic E-state index is 0.498. The molecule has 2 N–H and O–H groups in total. The first-order valence-corrected chi connectivity index (χ1v) is 9.11. The molecule has 0 saturated carbocycles. The molecule has 0 aliphatic heterocycles. The van der Waals surface area contributed by atoms with E-state index in [0.29, 0.717) is 10.9 Å². The van der Waals surface area contributed by atoms with Gasteiger partial charge in [-0.05, 0) is 55.4 Å². The Labute approximate surface area is 163 Å². The van der Waals surface area contributed by atoms with Crippen LogP contribution in [0.5, 0.6) is 5.75 Å². The summed E-state index contributed by atoms with van der Waals surface area (Å²) in [6, 6.07) is 18.0. The molecule has 4 nitrogen and oxygen atoms in total. The number of methoxy groups -OCH3 is 1. The Morgan fingerprint density at radius 3 is 2.48 bits per heavy atom. The van der Waals surface area contributed by atoms with Crippen LogP contribution in [-0.4, -0.2) is 12.2 Å². The zero-order chi connectivity index (χ0) is 19.0. The van der Waals surface area contributed by atoms with Crippen LogP contribution in [0.3, 0.4) is 0 Å². The Morgan fingerprint density at radius 1 is 0.889 bits per heavy atom. The summed E-state index contributed by atoms with van der Waals surface area (Å²) < 4.78 is 11.5. The highest BCUT2D eigenvalue weighted by atomic mass is 32.1. The van der Waals surface area contributed by atoms with Crippen molar-refractivity contribution in [1.29, 1.82) is 0 Å². The van der Waals surface area contributed by atoms with Crippen molar-refractivity contribution in [1.82, 2.24) is 0 Å². The van der Waals surface area contributed by atoms with Gasteiger partial charge in [0.15, 0.2) is 5.11 Å². The fourth-order valence-electron chi connectivity index (χ4n) is 3.18. The van der Waals surface area contributed by atoms with E-state index in [1.165, 1.54) is 11.1 Å². The molecule has 27 heavy (non-hydrogen) atoms. The predicted molar refractivity (Wildman–Crippen MR) is 116 cm³/mol. The highest BCUT2D eigenvalue weighted by molar-refractivity contribution is 7.80. The molecule has 4 rings (SSSR count). The van der Waals surface area contributed by atoms with E-state index in [0.717, 1.165) is 33.3 Å². The van der Waals surface area contributed by atoms with Gasteiger partial charge in [0.1, 0.15) is 16.9 Å². The number of hydrogen-bond acceptors (Lipinski definition) is 3. The van der Waals surface area contributed by atoms with Gasteiger partial charge in [-0.3, -0.25) is 0 Å². The summed E-state index contributed by atoms with van der Waals surface area (Å²) in [5.41, 5.74) is 5.75. The molecule has 0 fully saturated rings. The van der Waals surface area contributed by atoms with E-state index in [4.69, 9.17) is 21.4 Å². The highest BCUT2D eigenvalue weighted by Crippen LogP contribution is 2.36. The lowest BCUT2D eigenvalue weighted by Gasteiger charge is -2.15. The number of nitrogens with one attached hydrogen (secondary N) is 2. The van der Waals surface area contributed by atoms with Crippen LogP contribution < -0.4 is 15.4 Å². The SMILES string of the molecule is COc1cc2c(cc1NC(=S)Nc1cccc(C)c1C)oc1ccccc12. The first-order chi connectivity index (χ1) is 13.1. The molecule has 3 aromatic carbocycles. The number of aryl methyl sites for hydroxylation is 1. The van der Waals surface area contributed by atoms with Crippen LogP contribution in [0.2, 0.25) is 0 Å². The van der Waals surface area contributed by atoms with Crippen molar-refractivity contribution in [3.8, 4) is 5.75 Å². The van der Waals surface area contributed by atoms with E-state index < -0.39 is 0 Å². The van der Waals surface area contributed by atoms with Crippen molar-refractivity contribution >= 4 is 50.6 Å². The molecule has 0 amide bonds. The minimum absolute atomic E-state index is 0.498. The van der Waals surface area contributed by atoms with Crippen LogP contribution in [0.25, 0.3) is 21.9 Å². The molecule has 0 aliphatic carbocycles. The van der Waals surface area contributed by atoms with E-state index in [2.05, 4.69) is 30.5 Å². The average Bonchev–Trinajstić information content (AvgIpc) is 3.02. The molecule has 0 spiro atoms. The van der Waals surface area contributed by atoms with E-state index in [9.17, 15) is 0 Å². The molecule has 0 aliphatic rings. The molecule has 5 heteroatoms.